The monoisotopic (exact) mass is 288 g/mol. The molecule has 0 aliphatic carbocycles. The summed E-state index contributed by atoms with van der Waals surface area (Å²) in [6, 6.07) is 7.29. The first kappa shape index (κ1) is 14.9. The van der Waals surface area contributed by atoms with Crippen LogP contribution in [-0.4, -0.2) is 29.5 Å². The van der Waals surface area contributed by atoms with E-state index in [-0.39, 0.29) is 6.03 Å². The van der Waals surface area contributed by atoms with E-state index in [2.05, 4.69) is 15.7 Å². The molecule has 0 spiro atoms. The van der Waals surface area contributed by atoms with Gasteiger partial charge in [0.2, 0.25) is 0 Å². The molecule has 0 saturated carbocycles. The van der Waals surface area contributed by atoms with E-state index in [0.29, 0.717) is 18.0 Å². The molecule has 0 saturated heterocycles. The highest BCUT2D eigenvalue weighted by Crippen LogP contribution is 2.24. The van der Waals surface area contributed by atoms with Crippen LogP contribution in [0.2, 0.25) is 0 Å². The van der Waals surface area contributed by atoms with Gasteiger partial charge in [-0.05, 0) is 37.1 Å². The summed E-state index contributed by atoms with van der Waals surface area (Å²) in [5.41, 5.74) is 1.73. The number of methoxy groups -OCH3 is 1. The van der Waals surface area contributed by atoms with Crippen LogP contribution in [0.1, 0.15) is 12.0 Å². The van der Waals surface area contributed by atoms with Crippen LogP contribution in [0.4, 0.5) is 10.5 Å². The fraction of sp³-hybridized carbons (Fsp3) is 0.333. The molecule has 1 aromatic carbocycles. The molecular formula is C15H20N4O2. The van der Waals surface area contributed by atoms with Crippen molar-refractivity contribution in [2.45, 2.75) is 19.9 Å². The van der Waals surface area contributed by atoms with Crippen molar-refractivity contribution in [1.82, 2.24) is 15.1 Å². The lowest BCUT2D eigenvalue weighted by Crippen LogP contribution is -2.30. The maximum absolute atomic E-state index is 11.9. The van der Waals surface area contributed by atoms with Gasteiger partial charge in [-0.15, -0.1) is 0 Å². The van der Waals surface area contributed by atoms with Crippen LogP contribution in [0.25, 0.3) is 0 Å². The number of hydrogen-bond acceptors (Lipinski definition) is 3. The van der Waals surface area contributed by atoms with Gasteiger partial charge in [0.25, 0.3) is 0 Å². The summed E-state index contributed by atoms with van der Waals surface area (Å²) < 4.78 is 7.06. The Bertz CT molecular complexity index is 581. The van der Waals surface area contributed by atoms with E-state index in [0.717, 1.165) is 18.5 Å². The van der Waals surface area contributed by atoms with Crippen LogP contribution in [0.3, 0.4) is 0 Å². The minimum Gasteiger partial charge on any atom is -0.495 e. The number of urea groups is 1. The van der Waals surface area contributed by atoms with Gasteiger partial charge in [0, 0.05) is 25.5 Å². The number of anilines is 1. The number of aryl methyl sites for hydroxylation is 2. The van der Waals surface area contributed by atoms with E-state index >= 15 is 0 Å². The summed E-state index contributed by atoms with van der Waals surface area (Å²) >= 11 is 0. The molecule has 0 aliphatic heterocycles. The van der Waals surface area contributed by atoms with E-state index in [9.17, 15) is 4.79 Å². The molecule has 21 heavy (non-hydrogen) atoms. The molecule has 2 N–H and O–H groups in total. The Labute approximate surface area is 124 Å². The second kappa shape index (κ2) is 7.33. The number of ether oxygens (including phenoxy) is 1. The van der Waals surface area contributed by atoms with Crippen LogP contribution in [0.5, 0.6) is 5.75 Å². The molecular weight excluding hydrogens is 268 g/mol. The molecule has 112 valence electrons. The summed E-state index contributed by atoms with van der Waals surface area (Å²) in [4.78, 5) is 11.9. The first-order chi connectivity index (χ1) is 10.2. The van der Waals surface area contributed by atoms with Gasteiger partial charge in [-0.2, -0.15) is 5.10 Å². The number of carbonyl (C=O) groups excluding carboxylic acids is 1. The Morgan fingerprint density at radius 2 is 2.29 bits per heavy atom. The number of hydrogen-bond donors (Lipinski definition) is 2. The minimum atomic E-state index is -0.237. The molecule has 0 unspecified atom stereocenters. The highest BCUT2D eigenvalue weighted by molar-refractivity contribution is 5.91. The topological polar surface area (TPSA) is 68.2 Å². The van der Waals surface area contributed by atoms with Gasteiger partial charge in [0.1, 0.15) is 5.75 Å². The van der Waals surface area contributed by atoms with Crippen LogP contribution in [0, 0.1) is 6.92 Å². The fourth-order valence-electron chi connectivity index (χ4n) is 1.96. The zero-order valence-electron chi connectivity index (χ0n) is 12.3. The summed E-state index contributed by atoms with van der Waals surface area (Å²) in [6.07, 6.45) is 4.46. The van der Waals surface area contributed by atoms with Gasteiger partial charge in [-0.3, -0.25) is 4.68 Å². The summed E-state index contributed by atoms with van der Waals surface area (Å²) in [7, 11) is 1.58. The van der Waals surface area contributed by atoms with Crippen LogP contribution in [-0.2, 0) is 6.54 Å². The van der Waals surface area contributed by atoms with Gasteiger partial charge in [-0.25, -0.2) is 4.79 Å². The quantitative estimate of drug-likeness (QED) is 0.802. The summed E-state index contributed by atoms with van der Waals surface area (Å²) in [6.45, 7) is 3.33. The third-order valence-corrected chi connectivity index (χ3v) is 3.01. The van der Waals surface area contributed by atoms with Crippen LogP contribution >= 0.6 is 0 Å². The summed E-state index contributed by atoms with van der Waals surface area (Å²) in [5, 5.41) is 9.72. The van der Waals surface area contributed by atoms with Crippen molar-refractivity contribution in [3.8, 4) is 5.75 Å². The van der Waals surface area contributed by atoms with E-state index in [1.807, 2.05) is 42.1 Å². The predicted octanol–water partition coefficient (Wildman–Crippen LogP) is 2.41. The maximum atomic E-state index is 11.9. The van der Waals surface area contributed by atoms with Gasteiger partial charge >= 0.3 is 6.03 Å². The SMILES string of the molecule is COc1ccc(C)cc1NC(=O)NCCCn1cccn1. The Morgan fingerprint density at radius 3 is 3.00 bits per heavy atom. The molecule has 2 aromatic rings. The second-order valence-electron chi connectivity index (χ2n) is 4.71. The normalized spacial score (nSPS) is 10.2. The number of carbonyl (C=O) groups is 1. The van der Waals surface area contributed by atoms with Crippen molar-refractivity contribution >= 4 is 11.7 Å². The molecule has 0 radical (unpaired) electrons. The van der Waals surface area contributed by atoms with E-state index in [1.54, 1.807) is 13.3 Å². The smallest absolute Gasteiger partial charge is 0.319 e. The lowest BCUT2D eigenvalue weighted by Gasteiger charge is -2.12. The third kappa shape index (κ3) is 4.52. The lowest BCUT2D eigenvalue weighted by atomic mass is 10.2. The van der Waals surface area contributed by atoms with E-state index in [1.165, 1.54) is 0 Å². The fourth-order valence-corrected chi connectivity index (χ4v) is 1.96. The number of nitrogens with zero attached hydrogens (tertiary/aromatic N) is 2. The number of benzene rings is 1. The van der Waals surface area contributed by atoms with Crippen molar-refractivity contribution in [1.29, 1.82) is 0 Å². The molecule has 6 nitrogen and oxygen atoms in total. The molecule has 0 aliphatic rings. The number of amides is 2. The first-order valence-electron chi connectivity index (χ1n) is 6.86. The standard InChI is InChI=1S/C15H20N4O2/c1-12-5-6-14(21-2)13(11-12)18-15(20)16-7-3-9-19-10-4-8-17-19/h4-6,8,10-11H,3,7,9H2,1-2H3,(H2,16,18,20). The largest absolute Gasteiger partial charge is 0.495 e. The maximum Gasteiger partial charge on any atom is 0.319 e. The Morgan fingerprint density at radius 1 is 1.43 bits per heavy atom. The average molecular weight is 288 g/mol. The van der Waals surface area contributed by atoms with Crippen molar-refractivity contribution in [2.24, 2.45) is 0 Å². The van der Waals surface area contributed by atoms with Crippen LogP contribution < -0.4 is 15.4 Å². The number of nitrogens with one attached hydrogen (secondary N) is 2. The molecule has 6 heteroatoms. The Balaban J connectivity index is 1.77. The zero-order chi connectivity index (χ0) is 15.1. The lowest BCUT2D eigenvalue weighted by molar-refractivity contribution is 0.251. The molecule has 2 rings (SSSR count). The van der Waals surface area contributed by atoms with Crippen molar-refractivity contribution in [3.63, 3.8) is 0 Å². The van der Waals surface area contributed by atoms with Crippen LogP contribution in [0.15, 0.2) is 36.7 Å². The molecule has 0 bridgehead atoms. The molecule has 0 fully saturated rings. The number of aromatic nitrogens is 2. The first-order valence-corrected chi connectivity index (χ1v) is 6.86. The molecule has 1 heterocycles. The van der Waals surface area contributed by atoms with Gasteiger partial charge in [0.15, 0.2) is 0 Å². The molecule has 1 aromatic heterocycles. The predicted molar refractivity (Wildman–Crippen MR) is 81.6 cm³/mol. The van der Waals surface area contributed by atoms with Gasteiger partial charge < -0.3 is 15.4 Å². The van der Waals surface area contributed by atoms with Crippen molar-refractivity contribution < 1.29 is 9.53 Å². The third-order valence-electron chi connectivity index (χ3n) is 3.01. The molecule has 2 amide bonds. The minimum absolute atomic E-state index is 0.237. The highest BCUT2D eigenvalue weighted by Gasteiger charge is 2.07. The average Bonchev–Trinajstić information content (AvgIpc) is 2.97. The number of rotatable bonds is 6. The Kier molecular flexibility index (Phi) is 5.20. The van der Waals surface area contributed by atoms with Gasteiger partial charge in [0.05, 0.1) is 12.8 Å². The van der Waals surface area contributed by atoms with E-state index in [4.69, 9.17) is 4.74 Å². The van der Waals surface area contributed by atoms with Crippen molar-refractivity contribution in [3.05, 3.63) is 42.2 Å². The zero-order valence-corrected chi connectivity index (χ0v) is 12.3. The Hall–Kier alpha value is -2.50. The summed E-state index contributed by atoms with van der Waals surface area (Å²) in [5.74, 6) is 0.646. The van der Waals surface area contributed by atoms with Gasteiger partial charge in [-0.1, -0.05) is 6.07 Å². The highest BCUT2D eigenvalue weighted by atomic mass is 16.5. The molecule has 0 atom stereocenters. The second-order valence-corrected chi connectivity index (χ2v) is 4.71. The van der Waals surface area contributed by atoms with E-state index < -0.39 is 0 Å². The van der Waals surface area contributed by atoms with Crippen molar-refractivity contribution in [2.75, 3.05) is 19.0 Å².